The summed E-state index contributed by atoms with van der Waals surface area (Å²) in [6.07, 6.45) is 8.81. The molecule has 0 saturated heterocycles. The van der Waals surface area contributed by atoms with E-state index in [9.17, 15) is 8.42 Å². The Morgan fingerprint density at radius 3 is 2.38 bits per heavy atom. The van der Waals surface area contributed by atoms with Crippen LogP contribution in [-0.2, 0) is 15.3 Å². The minimum absolute atomic E-state index is 0.0723. The van der Waals surface area contributed by atoms with Gasteiger partial charge in [0.2, 0.25) is 0 Å². The van der Waals surface area contributed by atoms with Crippen molar-refractivity contribution in [3.05, 3.63) is 22.2 Å². The van der Waals surface area contributed by atoms with Crippen LogP contribution in [0.15, 0.2) is 26.4 Å². The number of thioether (sulfide) groups is 1. The summed E-state index contributed by atoms with van der Waals surface area (Å²) in [4.78, 5) is 1.20. The molecular weight excluding hydrogens is 370 g/mol. The lowest BCUT2D eigenvalue weighted by atomic mass is 9.69. The summed E-state index contributed by atoms with van der Waals surface area (Å²) >= 11 is 5.00. The van der Waals surface area contributed by atoms with E-state index in [4.69, 9.17) is 5.73 Å². The Morgan fingerprint density at radius 2 is 1.90 bits per heavy atom. The van der Waals surface area contributed by atoms with Gasteiger partial charge in [0.1, 0.15) is 0 Å². The summed E-state index contributed by atoms with van der Waals surface area (Å²) in [7, 11) is -3.26. The van der Waals surface area contributed by atoms with Gasteiger partial charge in [-0.05, 0) is 52.7 Å². The van der Waals surface area contributed by atoms with Crippen LogP contribution in [0.2, 0.25) is 0 Å². The summed E-state index contributed by atoms with van der Waals surface area (Å²) < 4.78 is 25.1. The Kier molecular flexibility index (Phi) is 5.45. The highest BCUT2D eigenvalue weighted by atomic mass is 79.9. The molecule has 6 heteroatoms. The Bertz CT molecular complexity index is 623. The van der Waals surface area contributed by atoms with Crippen molar-refractivity contribution in [3.63, 3.8) is 0 Å². The van der Waals surface area contributed by atoms with Gasteiger partial charge in [0.15, 0.2) is 9.84 Å². The lowest BCUT2D eigenvalue weighted by molar-refractivity contribution is 0.300. The molecule has 1 saturated carbocycles. The SMILES string of the molecule is CSc1c(Br)cc(C2(CN)CCCCC2)cc1S(C)(=O)=O. The lowest BCUT2D eigenvalue weighted by Gasteiger charge is -2.37. The van der Waals surface area contributed by atoms with E-state index in [1.807, 2.05) is 12.3 Å². The second kappa shape index (κ2) is 6.60. The maximum Gasteiger partial charge on any atom is 0.176 e. The summed E-state index contributed by atoms with van der Waals surface area (Å²) in [6.45, 7) is 0.571. The van der Waals surface area contributed by atoms with Gasteiger partial charge in [-0.3, -0.25) is 0 Å². The smallest absolute Gasteiger partial charge is 0.176 e. The van der Waals surface area contributed by atoms with Gasteiger partial charge in [0.05, 0.1) is 4.90 Å². The third kappa shape index (κ3) is 3.49. The summed E-state index contributed by atoms with van der Waals surface area (Å²) in [6, 6.07) is 3.92. The van der Waals surface area contributed by atoms with Crippen molar-refractivity contribution in [2.75, 3.05) is 19.1 Å². The van der Waals surface area contributed by atoms with E-state index in [1.165, 1.54) is 24.4 Å². The Labute approximate surface area is 140 Å². The zero-order valence-corrected chi connectivity index (χ0v) is 15.7. The van der Waals surface area contributed by atoms with E-state index in [0.717, 1.165) is 40.6 Å². The van der Waals surface area contributed by atoms with Crippen molar-refractivity contribution in [3.8, 4) is 0 Å². The van der Waals surface area contributed by atoms with Crippen LogP contribution in [0.5, 0.6) is 0 Å². The highest BCUT2D eigenvalue weighted by Crippen LogP contribution is 2.43. The minimum Gasteiger partial charge on any atom is -0.330 e. The molecule has 0 heterocycles. The van der Waals surface area contributed by atoms with Crippen molar-refractivity contribution < 1.29 is 8.42 Å². The van der Waals surface area contributed by atoms with Crippen LogP contribution in [0, 0.1) is 0 Å². The highest BCUT2D eigenvalue weighted by molar-refractivity contribution is 9.10. The summed E-state index contributed by atoms with van der Waals surface area (Å²) in [5, 5.41) is 0. The fourth-order valence-electron chi connectivity index (χ4n) is 3.19. The molecule has 0 aliphatic heterocycles. The molecule has 1 aromatic rings. The van der Waals surface area contributed by atoms with Crippen LogP contribution in [0.1, 0.15) is 37.7 Å². The quantitative estimate of drug-likeness (QED) is 0.794. The van der Waals surface area contributed by atoms with E-state index < -0.39 is 9.84 Å². The molecular formula is C15H22BrNO2S2. The molecule has 0 radical (unpaired) electrons. The van der Waals surface area contributed by atoms with E-state index in [-0.39, 0.29) is 5.41 Å². The first-order chi connectivity index (χ1) is 9.84. The van der Waals surface area contributed by atoms with E-state index in [2.05, 4.69) is 22.0 Å². The topological polar surface area (TPSA) is 60.2 Å². The van der Waals surface area contributed by atoms with Crippen molar-refractivity contribution in [1.29, 1.82) is 0 Å². The molecule has 2 N–H and O–H groups in total. The molecule has 2 rings (SSSR count). The van der Waals surface area contributed by atoms with E-state index in [0.29, 0.717) is 11.4 Å². The minimum atomic E-state index is -3.26. The Morgan fingerprint density at radius 1 is 1.29 bits per heavy atom. The van der Waals surface area contributed by atoms with Crippen LogP contribution >= 0.6 is 27.7 Å². The molecule has 21 heavy (non-hydrogen) atoms. The molecule has 3 nitrogen and oxygen atoms in total. The van der Waals surface area contributed by atoms with Gasteiger partial charge >= 0.3 is 0 Å². The average Bonchev–Trinajstić information content (AvgIpc) is 2.46. The largest absolute Gasteiger partial charge is 0.330 e. The van der Waals surface area contributed by atoms with Crippen molar-refractivity contribution >= 4 is 37.5 Å². The van der Waals surface area contributed by atoms with Crippen LogP contribution in [0.4, 0.5) is 0 Å². The van der Waals surface area contributed by atoms with Gasteiger partial charge in [0, 0.05) is 27.6 Å². The van der Waals surface area contributed by atoms with E-state index in [1.54, 1.807) is 0 Å². The molecule has 1 aliphatic carbocycles. The first-order valence-corrected chi connectivity index (χ1v) is 11.0. The number of rotatable bonds is 4. The number of halogens is 1. The predicted molar refractivity (Wildman–Crippen MR) is 92.9 cm³/mol. The second-order valence-corrected chi connectivity index (χ2v) is 9.46. The van der Waals surface area contributed by atoms with Crippen molar-refractivity contribution in [2.24, 2.45) is 5.73 Å². The molecule has 1 aliphatic rings. The van der Waals surface area contributed by atoms with Gasteiger partial charge in [-0.1, -0.05) is 19.3 Å². The molecule has 0 spiro atoms. The lowest BCUT2D eigenvalue weighted by Crippen LogP contribution is -2.37. The third-order valence-corrected chi connectivity index (χ3v) is 7.41. The summed E-state index contributed by atoms with van der Waals surface area (Å²) in [5.41, 5.74) is 7.07. The molecule has 1 fully saturated rings. The first-order valence-electron chi connectivity index (χ1n) is 7.12. The molecule has 0 unspecified atom stereocenters. The van der Waals surface area contributed by atoms with Gasteiger partial charge in [-0.2, -0.15) is 0 Å². The molecule has 0 atom stereocenters. The number of hydrogen-bond donors (Lipinski definition) is 1. The number of hydrogen-bond acceptors (Lipinski definition) is 4. The van der Waals surface area contributed by atoms with Crippen LogP contribution in [0.3, 0.4) is 0 Å². The molecule has 0 amide bonds. The third-order valence-electron chi connectivity index (χ3n) is 4.43. The Hall–Kier alpha value is -0.0400. The van der Waals surface area contributed by atoms with Crippen molar-refractivity contribution in [1.82, 2.24) is 0 Å². The maximum absolute atomic E-state index is 12.1. The maximum atomic E-state index is 12.1. The van der Waals surface area contributed by atoms with Crippen LogP contribution in [0.25, 0.3) is 0 Å². The molecule has 118 valence electrons. The average molecular weight is 392 g/mol. The monoisotopic (exact) mass is 391 g/mol. The fraction of sp³-hybridized carbons (Fsp3) is 0.600. The zero-order valence-electron chi connectivity index (χ0n) is 12.5. The normalized spacial score (nSPS) is 18.7. The molecule has 1 aromatic carbocycles. The van der Waals surface area contributed by atoms with Gasteiger partial charge in [-0.25, -0.2) is 8.42 Å². The zero-order chi connectivity index (χ0) is 15.7. The molecule has 0 aromatic heterocycles. The van der Waals surface area contributed by atoms with Gasteiger partial charge in [0.25, 0.3) is 0 Å². The highest BCUT2D eigenvalue weighted by Gasteiger charge is 2.34. The van der Waals surface area contributed by atoms with Crippen molar-refractivity contribution in [2.45, 2.75) is 47.3 Å². The van der Waals surface area contributed by atoms with Crippen LogP contribution in [-0.4, -0.2) is 27.5 Å². The second-order valence-electron chi connectivity index (χ2n) is 5.81. The van der Waals surface area contributed by atoms with E-state index >= 15 is 0 Å². The standard InChI is InChI=1S/C15H22BrNO2S2/c1-20-14-12(16)8-11(9-13(14)21(2,18)19)15(10-17)6-4-3-5-7-15/h8-9H,3-7,10,17H2,1-2H3. The fourth-order valence-corrected chi connectivity index (χ4v) is 6.27. The predicted octanol–water partition coefficient (Wildman–Crippen LogP) is 3.74. The molecule has 0 bridgehead atoms. The van der Waals surface area contributed by atoms with Gasteiger partial charge in [-0.15, -0.1) is 11.8 Å². The first kappa shape index (κ1) is 17.3. The Balaban J connectivity index is 2.62. The number of nitrogens with two attached hydrogens (primary N) is 1. The summed E-state index contributed by atoms with van der Waals surface area (Å²) in [5.74, 6) is 0. The number of sulfone groups is 1. The number of benzene rings is 1. The van der Waals surface area contributed by atoms with Gasteiger partial charge < -0.3 is 5.73 Å². The van der Waals surface area contributed by atoms with Crippen LogP contribution < -0.4 is 5.73 Å².